The molecule has 0 saturated carbocycles. The Morgan fingerprint density at radius 2 is 0.782 bits per heavy atom. The number of phosphoric acid groups is 4. The van der Waals surface area contributed by atoms with Crippen LogP contribution in [0.25, 0.3) is 0 Å². The summed E-state index contributed by atoms with van der Waals surface area (Å²) in [5.74, 6) is -12.6. The van der Waals surface area contributed by atoms with Crippen LogP contribution in [0.4, 0.5) is 0 Å². The van der Waals surface area contributed by atoms with Crippen LogP contribution in [0.2, 0.25) is 0 Å². The first-order chi connectivity index (χ1) is 55.1. The number of carboxylic acids is 2. The minimum atomic E-state index is -6.32. The SMILES string of the molecule is NC1C(OP(=O)(O)O)OC(COC2OC(COC3(C(=O)O)CC(OC4(C(=O)O)CC(O)C(O)C(C(O)CO)O4)C(OC4OC(C(O)CO)C(OP(=O)(O)O)C(OC5OC(C(O)COC6OC(C(O)CO)C(O)C(O)C6O)C(OP(=O)(O)O)C(OC6OC(CO)C(O)C(O)C6O)C5O)C4O)C(C(O)CO)O3)C(OP(=O)(O)O)C(O)C2N)C(O)C1O. The first-order valence-electron chi connectivity index (χ1n) is 35.1. The molecule has 0 aromatic carbocycles. The first kappa shape index (κ1) is 102. The molecule has 64 heteroatoms. The van der Waals surface area contributed by atoms with Gasteiger partial charge in [-0.05, 0) is 0 Å². The highest BCUT2D eigenvalue weighted by molar-refractivity contribution is 7.47. The predicted molar refractivity (Wildman–Crippen MR) is 352 cm³/mol. The second-order valence-electron chi connectivity index (χ2n) is 28.3. The summed E-state index contributed by atoms with van der Waals surface area (Å²) in [5, 5.41) is 275. The molecule has 8 aliphatic heterocycles. The number of nitrogens with two attached hydrogens (primary N) is 2. The van der Waals surface area contributed by atoms with Crippen LogP contribution in [0.5, 0.6) is 0 Å². The summed E-state index contributed by atoms with van der Waals surface area (Å²) in [6.45, 7) is -11.7. The molecule has 0 aromatic heterocycles. The normalized spacial score (nSPS) is 45.0. The second-order valence-corrected chi connectivity index (χ2v) is 33.1. The van der Waals surface area contributed by atoms with Crippen molar-refractivity contribution in [1.29, 1.82) is 0 Å². The Bertz CT molecular complexity index is 3440. The van der Waals surface area contributed by atoms with Gasteiger partial charge < -0.3 is 249 Å². The average molecular weight is 1840 g/mol. The summed E-state index contributed by atoms with van der Waals surface area (Å²) in [4.78, 5) is 109. The summed E-state index contributed by atoms with van der Waals surface area (Å²) in [5.41, 5.74) is 11.9. The molecule has 8 heterocycles. The number of ether oxygens (including phenoxy) is 15. The van der Waals surface area contributed by atoms with E-state index in [0.29, 0.717) is 0 Å². The Hall–Kier alpha value is -2.22. The molecule has 60 nitrogen and oxygen atoms in total. The van der Waals surface area contributed by atoms with Gasteiger partial charge in [0.05, 0.1) is 77.1 Å². The highest BCUT2D eigenvalue weighted by Gasteiger charge is 2.66. The Morgan fingerprint density at radius 3 is 1.29 bits per heavy atom. The monoisotopic (exact) mass is 1840 g/mol. The van der Waals surface area contributed by atoms with Crippen LogP contribution in [-0.2, 0) is 117 Å². The minimum Gasteiger partial charge on any atom is -0.477 e. The number of aliphatic hydroxyl groups excluding tert-OH is 23. The van der Waals surface area contributed by atoms with Crippen LogP contribution >= 0.6 is 31.3 Å². The maximum Gasteiger partial charge on any atom is 0.471 e. The maximum absolute atomic E-state index is 14.1. The minimum absolute atomic E-state index is 1.15. The average Bonchev–Trinajstić information content (AvgIpc) is 0.738. The third-order valence-electron chi connectivity index (χ3n) is 19.9. The highest BCUT2D eigenvalue weighted by atomic mass is 31.2. The lowest BCUT2D eigenvalue weighted by Crippen LogP contribution is -2.71. The van der Waals surface area contributed by atoms with E-state index >= 15 is 0 Å². The van der Waals surface area contributed by atoms with E-state index in [1.165, 1.54) is 0 Å². The fourth-order valence-electron chi connectivity index (χ4n) is 13.9. The summed E-state index contributed by atoms with van der Waals surface area (Å²) in [7, 11) is -24.0. The van der Waals surface area contributed by atoms with Crippen molar-refractivity contribution >= 4 is 43.2 Å². The molecule has 696 valence electrons. The van der Waals surface area contributed by atoms with Crippen molar-refractivity contribution in [2.45, 2.75) is 276 Å². The van der Waals surface area contributed by atoms with Crippen molar-refractivity contribution in [3.63, 3.8) is 0 Å². The molecule has 0 radical (unpaired) electrons. The highest BCUT2D eigenvalue weighted by Crippen LogP contribution is 2.50. The molecule has 0 aromatic rings. The van der Waals surface area contributed by atoms with Gasteiger partial charge in [-0.1, -0.05) is 0 Å². The molecule has 37 N–H and O–H groups in total. The van der Waals surface area contributed by atoms with Crippen LogP contribution < -0.4 is 11.5 Å². The van der Waals surface area contributed by atoms with Crippen molar-refractivity contribution in [3.8, 4) is 0 Å². The van der Waals surface area contributed by atoms with Crippen molar-refractivity contribution in [3.05, 3.63) is 0 Å². The van der Waals surface area contributed by atoms with Gasteiger partial charge in [0.1, 0.15) is 189 Å². The third-order valence-corrected chi connectivity index (χ3v) is 22.0. The molecule has 8 aliphatic rings. The number of hydrogen-bond donors (Lipinski definition) is 35. The largest absolute Gasteiger partial charge is 0.477 e. The fourth-order valence-corrected chi connectivity index (χ4v) is 16.0. The zero-order valence-corrected chi connectivity index (χ0v) is 64.2. The zero-order chi connectivity index (χ0) is 89.3. The van der Waals surface area contributed by atoms with Gasteiger partial charge in [0.25, 0.3) is 11.6 Å². The molecule has 119 heavy (non-hydrogen) atoms. The standard InChI is InChI=1S/C55H98N2O58P4/c56-21-26(72)25(71)19(101-47(21)115-119(94,95)96)9-98-46-22(57)27(73)40(112-116(85,86)87)20(102-46)10-99-54(52(81)82)2-17(109-55(53(83)84)1-11(63)23(69)36(110-55)13(65)4-59)41(39(111-54)15(67)6-61)106-50-33(79)42(44(113-117(88,89)90)37(104-50)14(66)5-60)108-51-34(80)43(107-49-32(78)28(74)24(70)18(7-62)100-49)45(114-118(91,92)93)38(105-51)16(68)8-97-48-31(77)29(75)30(76)35(103-48)12(64)3-58/h11-51,58-80H,1-10,56-57H2,(H,81,82)(H,83,84)(H2,85,86,87)(H2,88,89,90)(H2,91,92,93)(H2,94,95,96). The molecule has 8 fully saturated rings. The van der Waals surface area contributed by atoms with Crippen molar-refractivity contribution in [2.75, 3.05) is 52.9 Å². The van der Waals surface area contributed by atoms with Gasteiger partial charge in [-0.25, -0.2) is 27.8 Å². The number of carbonyl (C=O) groups is 2. The third kappa shape index (κ3) is 24.2. The smallest absolute Gasteiger partial charge is 0.471 e. The van der Waals surface area contributed by atoms with Gasteiger partial charge in [0, 0.05) is 12.8 Å². The maximum atomic E-state index is 14.1. The molecule has 0 spiro atoms. The predicted octanol–water partition coefficient (Wildman–Crippen LogP) is -20.3. The van der Waals surface area contributed by atoms with E-state index in [4.69, 9.17) is 96.1 Å². The molecular weight excluding hydrogens is 1740 g/mol. The molecule has 8 saturated heterocycles. The zero-order valence-electron chi connectivity index (χ0n) is 60.7. The summed E-state index contributed by atoms with van der Waals surface area (Å²) >= 11 is 0. The lowest BCUT2D eigenvalue weighted by Gasteiger charge is -2.53. The number of carboxylic acid groups (broad SMARTS) is 2. The number of rotatable bonds is 37. The van der Waals surface area contributed by atoms with Crippen LogP contribution in [0.15, 0.2) is 0 Å². The van der Waals surface area contributed by atoms with Crippen LogP contribution in [0.1, 0.15) is 12.8 Å². The van der Waals surface area contributed by atoms with Crippen molar-refractivity contribution < 1.29 is 284 Å². The van der Waals surface area contributed by atoms with Gasteiger partial charge >= 0.3 is 43.2 Å². The number of phosphoric ester groups is 4. The molecule has 0 aliphatic carbocycles. The van der Waals surface area contributed by atoms with Gasteiger partial charge in [-0.2, -0.15) is 0 Å². The summed E-state index contributed by atoms with van der Waals surface area (Å²) in [6.07, 6.45) is -104. The number of hydrogen-bond acceptors (Lipinski definition) is 50. The van der Waals surface area contributed by atoms with Crippen LogP contribution in [0.3, 0.4) is 0 Å². The number of aliphatic hydroxyl groups is 23. The Balaban J connectivity index is 1.24. The topological polar surface area (TPSA) is 997 Å². The van der Waals surface area contributed by atoms with E-state index in [2.05, 4.69) is 4.52 Å². The van der Waals surface area contributed by atoms with E-state index in [9.17, 15) is 195 Å². The fraction of sp³-hybridized carbons (Fsp3) is 0.964. The van der Waals surface area contributed by atoms with E-state index < -0.39 is 372 Å². The van der Waals surface area contributed by atoms with E-state index in [1.54, 1.807) is 0 Å². The number of aliphatic carboxylic acids is 2. The molecule has 8 rings (SSSR count). The quantitative estimate of drug-likeness (QED) is 0.0257. The molecular formula is C55H98N2O58P4. The first-order valence-corrected chi connectivity index (χ1v) is 41.3. The van der Waals surface area contributed by atoms with E-state index in [0.717, 1.165) is 0 Å². The van der Waals surface area contributed by atoms with Crippen molar-refractivity contribution in [2.24, 2.45) is 11.5 Å². The van der Waals surface area contributed by atoms with E-state index in [1.807, 2.05) is 0 Å². The Labute approximate surface area is 665 Å². The Morgan fingerprint density at radius 1 is 0.370 bits per heavy atom. The second kappa shape index (κ2) is 41.5. The van der Waals surface area contributed by atoms with Crippen LogP contribution in [0, 0.1) is 0 Å². The van der Waals surface area contributed by atoms with Gasteiger partial charge in [0.2, 0.25) is 0 Å². The van der Waals surface area contributed by atoms with Gasteiger partial charge in [-0.15, -0.1) is 0 Å². The molecule has 43 atom stereocenters. The lowest BCUT2D eigenvalue weighted by atomic mass is 9.89. The van der Waals surface area contributed by atoms with E-state index in [-0.39, 0.29) is 0 Å². The Kier molecular flexibility index (Phi) is 35.6. The molecule has 43 unspecified atom stereocenters. The van der Waals surface area contributed by atoms with Crippen LogP contribution in [-0.4, -0.2) is 494 Å². The van der Waals surface area contributed by atoms with Gasteiger partial charge in [-0.3, -0.25) is 18.1 Å². The lowest BCUT2D eigenvalue weighted by molar-refractivity contribution is -0.408. The molecule has 0 amide bonds. The molecule has 0 bridgehead atoms. The summed E-state index contributed by atoms with van der Waals surface area (Å²) < 4.78 is 154. The van der Waals surface area contributed by atoms with Crippen molar-refractivity contribution in [1.82, 2.24) is 0 Å². The van der Waals surface area contributed by atoms with Gasteiger partial charge in [0.15, 0.2) is 37.7 Å². The summed E-state index contributed by atoms with van der Waals surface area (Å²) in [6, 6.07) is -4.01.